The first-order valence-electron chi connectivity index (χ1n) is 6.71. The summed E-state index contributed by atoms with van der Waals surface area (Å²) in [7, 11) is 0. The zero-order chi connectivity index (χ0) is 14.7. The second-order valence-corrected chi connectivity index (χ2v) is 5.99. The van der Waals surface area contributed by atoms with E-state index in [1.807, 2.05) is 13.8 Å². The van der Waals surface area contributed by atoms with Gasteiger partial charge in [-0.25, -0.2) is 4.79 Å². The molecule has 3 amide bonds. The van der Waals surface area contributed by atoms with Crippen LogP contribution in [0.5, 0.6) is 0 Å². The quantitative estimate of drug-likeness (QED) is 0.858. The van der Waals surface area contributed by atoms with Gasteiger partial charge in [0.15, 0.2) is 0 Å². The number of hydrogen-bond acceptors (Lipinski definition) is 4. The Balaban J connectivity index is 1.93. The van der Waals surface area contributed by atoms with E-state index in [-0.39, 0.29) is 11.9 Å². The van der Waals surface area contributed by atoms with E-state index in [4.69, 9.17) is 5.73 Å². The maximum Gasteiger partial charge on any atom is 0.317 e. The topological polar surface area (TPSA) is 78.7 Å². The summed E-state index contributed by atoms with van der Waals surface area (Å²) >= 11 is 1.42. The highest BCUT2D eigenvalue weighted by atomic mass is 32.1. The first-order chi connectivity index (χ1) is 9.52. The van der Waals surface area contributed by atoms with E-state index in [0.29, 0.717) is 43.3 Å². The second-order valence-electron chi connectivity index (χ2n) is 4.74. The van der Waals surface area contributed by atoms with Crippen LogP contribution in [0.25, 0.3) is 0 Å². The van der Waals surface area contributed by atoms with E-state index in [2.05, 4.69) is 5.32 Å². The van der Waals surface area contributed by atoms with Crippen molar-refractivity contribution in [3.05, 3.63) is 15.8 Å². The molecule has 0 unspecified atom stereocenters. The van der Waals surface area contributed by atoms with Crippen molar-refractivity contribution < 1.29 is 9.59 Å². The Kier molecular flexibility index (Phi) is 4.49. The zero-order valence-electron chi connectivity index (χ0n) is 11.8. The van der Waals surface area contributed by atoms with Crippen molar-refractivity contribution in [2.45, 2.75) is 13.8 Å². The molecule has 110 valence electrons. The number of nitrogens with two attached hydrogens (primary N) is 1. The molecule has 1 saturated heterocycles. The number of urea groups is 1. The SMILES string of the molecule is CCNC(=O)N1CCN(C(=O)c2cc(N)c(C)s2)CC1. The van der Waals surface area contributed by atoms with E-state index in [0.717, 1.165) is 4.88 Å². The summed E-state index contributed by atoms with van der Waals surface area (Å²) in [6.07, 6.45) is 0. The Morgan fingerprint density at radius 2 is 1.90 bits per heavy atom. The van der Waals surface area contributed by atoms with Crippen LogP contribution in [0.2, 0.25) is 0 Å². The van der Waals surface area contributed by atoms with Crippen LogP contribution in [-0.4, -0.2) is 54.5 Å². The summed E-state index contributed by atoms with van der Waals surface area (Å²) in [5, 5.41) is 2.77. The van der Waals surface area contributed by atoms with Gasteiger partial charge in [-0.1, -0.05) is 0 Å². The Hall–Kier alpha value is -1.76. The van der Waals surface area contributed by atoms with Gasteiger partial charge in [0, 0.05) is 43.3 Å². The number of thiophene rings is 1. The lowest BCUT2D eigenvalue weighted by Crippen LogP contribution is -2.53. The molecular formula is C13H20N4O2S. The monoisotopic (exact) mass is 296 g/mol. The predicted octanol–water partition coefficient (Wildman–Crippen LogP) is 1.13. The van der Waals surface area contributed by atoms with E-state index in [1.54, 1.807) is 15.9 Å². The fraction of sp³-hybridized carbons (Fsp3) is 0.538. The number of rotatable bonds is 2. The summed E-state index contributed by atoms with van der Waals surface area (Å²) in [4.78, 5) is 29.2. The van der Waals surface area contributed by atoms with Crippen LogP contribution in [0, 0.1) is 6.92 Å². The Bertz CT molecular complexity index is 487. The summed E-state index contributed by atoms with van der Waals surface area (Å²) in [5.74, 6) is 0.00495. The molecule has 0 spiro atoms. The van der Waals surface area contributed by atoms with Crippen LogP contribution in [-0.2, 0) is 0 Å². The lowest BCUT2D eigenvalue weighted by atomic mass is 10.3. The smallest absolute Gasteiger partial charge is 0.317 e. The van der Waals surface area contributed by atoms with Crippen LogP contribution in [0.15, 0.2) is 6.07 Å². The second kappa shape index (κ2) is 6.13. The van der Waals surface area contributed by atoms with Gasteiger partial charge < -0.3 is 20.9 Å². The van der Waals surface area contributed by atoms with Crippen LogP contribution < -0.4 is 11.1 Å². The molecule has 0 atom stereocenters. The van der Waals surface area contributed by atoms with Crippen LogP contribution >= 0.6 is 11.3 Å². The van der Waals surface area contributed by atoms with Crippen LogP contribution in [0.3, 0.4) is 0 Å². The Morgan fingerprint density at radius 3 is 2.40 bits per heavy atom. The largest absolute Gasteiger partial charge is 0.398 e. The highest BCUT2D eigenvalue weighted by Crippen LogP contribution is 2.25. The Labute approximate surface area is 122 Å². The number of hydrogen-bond donors (Lipinski definition) is 2. The van der Waals surface area contributed by atoms with Gasteiger partial charge in [-0.3, -0.25) is 4.79 Å². The summed E-state index contributed by atoms with van der Waals surface area (Å²) in [5.41, 5.74) is 6.45. The molecule has 1 aliphatic rings. The molecule has 0 bridgehead atoms. The third kappa shape index (κ3) is 3.04. The minimum absolute atomic E-state index is 0.00495. The third-order valence-electron chi connectivity index (χ3n) is 3.35. The number of nitrogens with zero attached hydrogens (tertiary/aromatic N) is 2. The molecule has 1 aliphatic heterocycles. The van der Waals surface area contributed by atoms with Gasteiger partial charge in [-0.05, 0) is 19.9 Å². The average molecular weight is 296 g/mol. The minimum atomic E-state index is -0.0594. The number of nitrogens with one attached hydrogen (secondary N) is 1. The van der Waals surface area contributed by atoms with Crippen molar-refractivity contribution in [2.75, 3.05) is 38.5 Å². The lowest BCUT2D eigenvalue weighted by Gasteiger charge is -2.34. The lowest BCUT2D eigenvalue weighted by molar-refractivity contribution is 0.0670. The first kappa shape index (κ1) is 14.6. The van der Waals surface area contributed by atoms with Crippen LogP contribution in [0.4, 0.5) is 10.5 Å². The van der Waals surface area contributed by atoms with E-state index in [9.17, 15) is 9.59 Å². The minimum Gasteiger partial charge on any atom is -0.398 e. The summed E-state index contributed by atoms with van der Waals surface area (Å²) in [6, 6.07) is 1.68. The maximum absolute atomic E-state index is 12.3. The molecule has 1 fully saturated rings. The van der Waals surface area contributed by atoms with Crippen molar-refractivity contribution in [2.24, 2.45) is 0 Å². The highest BCUT2D eigenvalue weighted by Gasteiger charge is 2.25. The average Bonchev–Trinajstić information content (AvgIpc) is 2.78. The van der Waals surface area contributed by atoms with Gasteiger partial charge >= 0.3 is 6.03 Å². The molecule has 2 rings (SSSR count). The van der Waals surface area contributed by atoms with Crippen molar-refractivity contribution in [3.63, 3.8) is 0 Å². The maximum atomic E-state index is 12.3. The number of piperazine rings is 1. The molecule has 1 aromatic heterocycles. The molecule has 20 heavy (non-hydrogen) atoms. The van der Waals surface area contributed by atoms with E-state index < -0.39 is 0 Å². The Morgan fingerprint density at radius 1 is 1.30 bits per heavy atom. The molecule has 1 aromatic rings. The number of amides is 3. The number of carbonyl (C=O) groups excluding carboxylic acids is 2. The zero-order valence-corrected chi connectivity index (χ0v) is 12.6. The molecule has 6 nitrogen and oxygen atoms in total. The molecule has 0 aliphatic carbocycles. The molecule has 3 N–H and O–H groups in total. The first-order valence-corrected chi connectivity index (χ1v) is 7.52. The number of nitrogen functional groups attached to an aromatic ring is 1. The van der Waals surface area contributed by atoms with Gasteiger partial charge in [0.05, 0.1) is 4.88 Å². The van der Waals surface area contributed by atoms with Gasteiger partial charge in [0.1, 0.15) is 0 Å². The predicted molar refractivity (Wildman–Crippen MR) is 80.0 cm³/mol. The van der Waals surface area contributed by atoms with Gasteiger partial charge in [0.25, 0.3) is 5.91 Å². The van der Waals surface area contributed by atoms with Crippen molar-refractivity contribution >= 4 is 29.0 Å². The van der Waals surface area contributed by atoms with Gasteiger partial charge in [-0.15, -0.1) is 11.3 Å². The fourth-order valence-corrected chi connectivity index (χ4v) is 3.04. The van der Waals surface area contributed by atoms with Gasteiger partial charge in [0.2, 0.25) is 0 Å². The molecule has 0 aromatic carbocycles. The number of aryl methyl sites for hydroxylation is 1. The molecule has 0 saturated carbocycles. The number of anilines is 1. The standard InChI is InChI=1S/C13H20N4O2S/c1-3-15-13(19)17-6-4-16(5-7-17)12(18)11-8-10(14)9(2)20-11/h8H,3-7,14H2,1-2H3,(H,15,19). The molecular weight excluding hydrogens is 276 g/mol. The fourth-order valence-electron chi connectivity index (χ4n) is 2.13. The van der Waals surface area contributed by atoms with E-state index in [1.165, 1.54) is 11.3 Å². The van der Waals surface area contributed by atoms with Crippen molar-refractivity contribution in [3.8, 4) is 0 Å². The molecule has 2 heterocycles. The van der Waals surface area contributed by atoms with Crippen molar-refractivity contribution in [1.29, 1.82) is 0 Å². The summed E-state index contributed by atoms with van der Waals surface area (Å²) < 4.78 is 0. The normalized spacial score (nSPS) is 15.3. The molecule has 0 radical (unpaired) electrons. The third-order valence-corrected chi connectivity index (χ3v) is 4.40. The highest BCUT2D eigenvalue weighted by molar-refractivity contribution is 7.14. The van der Waals surface area contributed by atoms with Crippen LogP contribution in [0.1, 0.15) is 21.5 Å². The number of carbonyl (C=O) groups is 2. The van der Waals surface area contributed by atoms with Gasteiger partial charge in [-0.2, -0.15) is 0 Å². The summed E-state index contributed by atoms with van der Waals surface area (Å²) in [6.45, 7) is 6.67. The van der Waals surface area contributed by atoms with Crippen molar-refractivity contribution in [1.82, 2.24) is 15.1 Å². The van der Waals surface area contributed by atoms with E-state index >= 15 is 0 Å². The molecule has 7 heteroatoms.